The number of nitrogens with zero attached hydrogens (tertiary/aromatic N) is 5. The van der Waals surface area contributed by atoms with Crippen LogP contribution >= 0.6 is 0 Å². The Bertz CT molecular complexity index is 1220. The highest BCUT2D eigenvalue weighted by Crippen LogP contribution is 2.34. The molecule has 0 radical (unpaired) electrons. The van der Waals surface area contributed by atoms with Gasteiger partial charge in [-0.15, -0.1) is 0 Å². The molecule has 0 spiro atoms. The zero-order valence-corrected chi connectivity index (χ0v) is 18.0. The Hall–Kier alpha value is -3.23. The van der Waals surface area contributed by atoms with Crippen LogP contribution < -0.4 is 15.5 Å². The Kier molecular flexibility index (Phi) is 5.09. The third-order valence-electron chi connectivity index (χ3n) is 6.48. The molecule has 2 fully saturated rings. The minimum atomic E-state index is 0.380. The summed E-state index contributed by atoms with van der Waals surface area (Å²) in [5.74, 6) is 1.31. The van der Waals surface area contributed by atoms with E-state index in [4.69, 9.17) is 9.72 Å². The van der Waals surface area contributed by atoms with Crippen LogP contribution in [0.25, 0.3) is 21.9 Å². The molecule has 2 saturated heterocycles. The van der Waals surface area contributed by atoms with E-state index in [0.29, 0.717) is 12.0 Å². The monoisotopic (exact) mass is 429 g/mol. The van der Waals surface area contributed by atoms with E-state index in [1.54, 1.807) is 0 Å². The number of rotatable bonds is 4. The van der Waals surface area contributed by atoms with Crippen LogP contribution in [0.2, 0.25) is 0 Å². The summed E-state index contributed by atoms with van der Waals surface area (Å²) in [5.41, 5.74) is 3.32. The van der Waals surface area contributed by atoms with Crippen molar-refractivity contribution in [1.29, 1.82) is 0 Å². The third kappa shape index (κ3) is 3.55. The first-order chi connectivity index (χ1) is 15.9. The number of hydrogen-bond acceptors (Lipinski definition) is 7. The fraction of sp³-hybridized carbons (Fsp3) is 0.375. The van der Waals surface area contributed by atoms with Gasteiger partial charge in [0.25, 0.3) is 0 Å². The molecular formula is C24H27N7O. The molecule has 2 N–H and O–H groups in total. The number of benzene rings is 1. The average molecular weight is 430 g/mol. The number of anilines is 3. The molecule has 4 aromatic rings. The van der Waals surface area contributed by atoms with Gasteiger partial charge in [0.15, 0.2) is 0 Å². The number of pyridine rings is 1. The lowest BCUT2D eigenvalue weighted by Gasteiger charge is -2.29. The molecule has 0 atom stereocenters. The smallest absolute Gasteiger partial charge is 0.230 e. The highest BCUT2D eigenvalue weighted by Gasteiger charge is 2.22. The molecule has 164 valence electrons. The van der Waals surface area contributed by atoms with Crippen LogP contribution in [0.1, 0.15) is 18.9 Å². The van der Waals surface area contributed by atoms with Gasteiger partial charge in [-0.25, -0.2) is 9.97 Å². The fourth-order valence-corrected chi connectivity index (χ4v) is 4.83. The molecule has 0 saturated carbocycles. The van der Waals surface area contributed by atoms with Gasteiger partial charge >= 0.3 is 0 Å². The van der Waals surface area contributed by atoms with Gasteiger partial charge in [0.05, 0.1) is 17.4 Å². The Morgan fingerprint density at radius 3 is 2.59 bits per heavy atom. The van der Waals surface area contributed by atoms with E-state index in [0.717, 1.165) is 74.8 Å². The predicted octanol–water partition coefficient (Wildman–Crippen LogP) is 3.48. The topological polar surface area (TPSA) is 80.1 Å². The van der Waals surface area contributed by atoms with Crippen molar-refractivity contribution in [3.63, 3.8) is 0 Å². The van der Waals surface area contributed by atoms with Crippen molar-refractivity contribution in [3.05, 3.63) is 48.8 Å². The lowest BCUT2D eigenvalue weighted by Crippen LogP contribution is -2.43. The molecule has 2 aliphatic rings. The predicted molar refractivity (Wildman–Crippen MR) is 127 cm³/mol. The first-order valence-corrected chi connectivity index (χ1v) is 11.4. The van der Waals surface area contributed by atoms with Gasteiger partial charge in [-0.1, -0.05) is 18.2 Å². The van der Waals surface area contributed by atoms with Crippen LogP contribution in [-0.4, -0.2) is 58.9 Å². The summed E-state index contributed by atoms with van der Waals surface area (Å²) in [5, 5.41) is 8.96. The third-order valence-corrected chi connectivity index (χ3v) is 6.48. The highest BCUT2D eigenvalue weighted by molar-refractivity contribution is 6.06. The van der Waals surface area contributed by atoms with Gasteiger partial charge in [0.1, 0.15) is 11.5 Å². The summed E-state index contributed by atoms with van der Waals surface area (Å²) < 4.78 is 7.98. The molecular weight excluding hydrogens is 402 g/mol. The van der Waals surface area contributed by atoms with Crippen molar-refractivity contribution in [3.8, 4) is 0 Å². The second-order valence-corrected chi connectivity index (χ2v) is 8.43. The maximum absolute atomic E-state index is 5.60. The Morgan fingerprint density at radius 2 is 1.78 bits per heavy atom. The second kappa shape index (κ2) is 8.37. The maximum Gasteiger partial charge on any atom is 0.230 e. The van der Waals surface area contributed by atoms with E-state index in [9.17, 15) is 0 Å². The summed E-state index contributed by atoms with van der Waals surface area (Å²) in [6.07, 6.45) is 5.84. The van der Waals surface area contributed by atoms with E-state index in [2.05, 4.69) is 60.4 Å². The molecule has 8 nitrogen and oxygen atoms in total. The van der Waals surface area contributed by atoms with Gasteiger partial charge in [-0.05, 0) is 31.0 Å². The van der Waals surface area contributed by atoms with Gasteiger partial charge < -0.3 is 24.8 Å². The molecule has 0 bridgehead atoms. The zero-order valence-electron chi connectivity index (χ0n) is 18.0. The molecule has 0 unspecified atom stereocenters. The number of ether oxygens (including phenoxy) is 1. The SMILES string of the molecule is c1ccc2c(c1)c1cnc(Nc3ccc(N4CCNCC4)cn3)nc1n2C1CCOCC1. The van der Waals surface area contributed by atoms with Crippen molar-refractivity contribution < 1.29 is 4.74 Å². The number of nitrogens with one attached hydrogen (secondary N) is 2. The van der Waals surface area contributed by atoms with Gasteiger partial charge in [0.2, 0.25) is 5.95 Å². The number of piperazine rings is 1. The molecule has 3 aromatic heterocycles. The number of aromatic nitrogens is 4. The Balaban J connectivity index is 1.33. The summed E-state index contributed by atoms with van der Waals surface area (Å²) >= 11 is 0. The molecule has 6 rings (SSSR count). The van der Waals surface area contributed by atoms with E-state index >= 15 is 0 Å². The Morgan fingerprint density at radius 1 is 0.938 bits per heavy atom. The lowest BCUT2D eigenvalue weighted by molar-refractivity contribution is 0.0716. The van der Waals surface area contributed by atoms with E-state index in [-0.39, 0.29) is 0 Å². The van der Waals surface area contributed by atoms with Gasteiger partial charge in [-0.2, -0.15) is 4.98 Å². The summed E-state index contributed by atoms with van der Waals surface area (Å²) in [7, 11) is 0. The summed E-state index contributed by atoms with van der Waals surface area (Å²) in [4.78, 5) is 16.5. The largest absolute Gasteiger partial charge is 0.381 e. The standard InChI is InChI=1S/C24H27N7O/c1-2-4-21-19(3-1)20-16-27-24(29-23(20)31(21)17-7-13-32-14-8-17)28-22-6-5-18(15-26-22)30-11-9-25-10-12-30/h1-6,15-17,25H,7-14H2,(H,26,27,28,29). The quantitative estimate of drug-likeness (QED) is 0.514. The molecule has 8 heteroatoms. The molecule has 0 amide bonds. The van der Waals surface area contributed by atoms with E-state index < -0.39 is 0 Å². The number of fused-ring (bicyclic) bond motifs is 3. The second-order valence-electron chi connectivity index (χ2n) is 8.43. The van der Waals surface area contributed by atoms with Crippen molar-refractivity contribution in [2.24, 2.45) is 0 Å². The van der Waals surface area contributed by atoms with Crippen LogP contribution in [0.5, 0.6) is 0 Å². The van der Waals surface area contributed by atoms with E-state index in [1.807, 2.05) is 18.5 Å². The minimum Gasteiger partial charge on any atom is -0.381 e. The molecule has 2 aliphatic heterocycles. The molecule has 1 aromatic carbocycles. The highest BCUT2D eigenvalue weighted by atomic mass is 16.5. The summed E-state index contributed by atoms with van der Waals surface area (Å²) in [6, 6.07) is 13.0. The fourth-order valence-electron chi connectivity index (χ4n) is 4.83. The van der Waals surface area contributed by atoms with Crippen molar-refractivity contribution in [1.82, 2.24) is 24.8 Å². The first-order valence-electron chi connectivity index (χ1n) is 11.4. The molecule has 5 heterocycles. The lowest BCUT2D eigenvalue weighted by atomic mass is 10.1. The first kappa shape index (κ1) is 19.5. The van der Waals surface area contributed by atoms with Crippen molar-refractivity contribution >= 4 is 39.4 Å². The maximum atomic E-state index is 5.60. The van der Waals surface area contributed by atoms with Crippen LogP contribution in [0, 0.1) is 0 Å². The molecule has 0 aliphatic carbocycles. The average Bonchev–Trinajstić information content (AvgIpc) is 3.19. The van der Waals surface area contributed by atoms with Gasteiger partial charge in [-0.3, -0.25) is 0 Å². The number of para-hydroxylation sites is 1. The van der Waals surface area contributed by atoms with Crippen molar-refractivity contribution in [2.75, 3.05) is 49.6 Å². The number of hydrogen-bond donors (Lipinski definition) is 2. The van der Waals surface area contributed by atoms with Crippen LogP contribution in [0.3, 0.4) is 0 Å². The van der Waals surface area contributed by atoms with Crippen LogP contribution in [-0.2, 0) is 4.74 Å². The Labute approximate surface area is 186 Å². The molecule has 32 heavy (non-hydrogen) atoms. The minimum absolute atomic E-state index is 0.380. The normalized spacial score (nSPS) is 17.8. The summed E-state index contributed by atoms with van der Waals surface area (Å²) in [6.45, 7) is 5.61. The van der Waals surface area contributed by atoms with Crippen LogP contribution in [0.15, 0.2) is 48.8 Å². The van der Waals surface area contributed by atoms with Crippen LogP contribution in [0.4, 0.5) is 17.5 Å². The van der Waals surface area contributed by atoms with Gasteiger partial charge in [0, 0.05) is 62.4 Å². The zero-order chi connectivity index (χ0) is 21.3. The van der Waals surface area contributed by atoms with Crippen molar-refractivity contribution in [2.45, 2.75) is 18.9 Å². The van der Waals surface area contributed by atoms with E-state index in [1.165, 1.54) is 10.9 Å².